The maximum atomic E-state index is 13.3. The lowest BCUT2D eigenvalue weighted by Crippen LogP contribution is -2.23. The third-order valence-electron chi connectivity index (χ3n) is 3.94. The van der Waals surface area contributed by atoms with Crippen molar-refractivity contribution in [3.8, 4) is 11.4 Å². The number of nitrogens with zero attached hydrogens (tertiary/aromatic N) is 2. The highest BCUT2D eigenvalue weighted by Gasteiger charge is 2.12. The fourth-order valence-corrected chi connectivity index (χ4v) is 3.17. The second-order valence-corrected chi connectivity index (χ2v) is 7.31. The zero-order valence-electron chi connectivity index (χ0n) is 14.4. The molecule has 0 saturated heterocycles. The van der Waals surface area contributed by atoms with Gasteiger partial charge in [0.2, 0.25) is 17.6 Å². The van der Waals surface area contributed by atoms with Crippen molar-refractivity contribution in [2.24, 2.45) is 0 Å². The summed E-state index contributed by atoms with van der Waals surface area (Å²) in [6, 6.07) is 10.1. The monoisotopic (exact) mass is 451 g/mol. The Balaban J connectivity index is 1.53. The Morgan fingerprint density at radius 1 is 1.30 bits per heavy atom. The van der Waals surface area contributed by atoms with Gasteiger partial charge in [-0.05, 0) is 48.4 Å². The molecule has 0 aliphatic carbocycles. The van der Waals surface area contributed by atoms with E-state index in [0.717, 1.165) is 10.0 Å². The largest absolute Gasteiger partial charge is 0.352 e. The van der Waals surface area contributed by atoms with Gasteiger partial charge in [0.15, 0.2) is 0 Å². The number of aromatic nitrogens is 2. The Bertz CT molecular complexity index is 977. The molecule has 0 radical (unpaired) electrons. The van der Waals surface area contributed by atoms with Gasteiger partial charge in [0.1, 0.15) is 5.82 Å². The van der Waals surface area contributed by atoms with E-state index in [4.69, 9.17) is 16.1 Å². The van der Waals surface area contributed by atoms with Crippen LogP contribution in [-0.2, 0) is 17.8 Å². The molecule has 1 aromatic heterocycles. The maximum absolute atomic E-state index is 13.3. The van der Waals surface area contributed by atoms with Crippen molar-refractivity contribution in [3.05, 3.63) is 68.7 Å². The number of carbonyl (C=O) groups excluding carboxylic acids is 1. The first kappa shape index (κ1) is 19.5. The molecule has 27 heavy (non-hydrogen) atoms. The topological polar surface area (TPSA) is 68.0 Å². The lowest BCUT2D eigenvalue weighted by Gasteiger charge is -2.06. The molecule has 0 spiro atoms. The van der Waals surface area contributed by atoms with Crippen LogP contribution in [0.3, 0.4) is 0 Å². The fraction of sp³-hybridized carbons (Fsp3) is 0.211. The van der Waals surface area contributed by atoms with Crippen LogP contribution in [0.2, 0.25) is 5.02 Å². The third kappa shape index (κ3) is 5.14. The summed E-state index contributed by atoms with van der Waals surface area (Å²) in [5, 5.41) is 7.28. The highest BCUT2D eigenvalue weighted by Crippen LogP contribution is 2.21. The van der Waals surface area contributed by atoms with Gasteiger partial charge in [-0.2, -0.15) is 4.98 Å². The number of amides is 1. The number of nitrogens with one attached hydrogen (secondary N) is 1. The van der Waals surface area contributed by atoms with Crippen molar-refractivity contribution in [3.63, 3.8) is 0 Å². The number of hydrogen-bond acceptors (Lipinski definition) is 4. The quantitative estimate of drug-likeness (QED) is 0.580. The van der Waals surface area contributed by atoms with Gasteiger partial charge in [0.25, 0.3) is 0 Å². The Kier molecular flexibility index (Phi) is 6.23. The van der Waals surface area contributed by atoms with Crippen molar-refractivity contribution in [2.75, 3.05) is 0 Å². The van der Waals surface area contributed by atoms with E-state index < -0.39 is 0 Å². The molecule has 1 heterocycles. The second-order valence-electron chi connectivity index (χ2n) is 5.99. The van der Waals surface area contributed by atoms with Gasteiger partial charge in [-0.3, -0.25) is 4.79 Å². The predicted molar refractivity (Wildman–Crippen MR) is 104 cm³/mol. The molecule has 0 unspecified atom stereocenters. The zero-order valence-corrected chi connectivity index (χ0v) is 16.8. The van der Waals surface area contributed by atoms with Crippen molar-refractivity contribution >= 4 is 33.4 Å². The summed E-state index contributed by atoms with van der Waals surface area (Å²) in [4.78, 5) is 16.3. The summed E-state index contributed by atoms with van der Waals surface area (Å²) in [6.45, 7) is 2.01. The molecule has 140 valence electrons. The SMILES string of the molecule is Cc1cc(-c2noc(CCC(=O)NCc3ccc(Br)cc3Cl)n2)ccc1F. The van der Waals surface area contributed by atoms with Crippen LogP contribution >= 0.6 is 27.5 Å². The van der Waals surface area contributed by atoms with Crippen LogP contribution in [0.15, 0.2) is 45.4 Å². The molecule has 0 saturated carbocycles. The summed E-state index contributed by atoms with van der Waals surface area (Å²) in [7, 11) is 0. The van der Waals surface area contributed by atoms with Crippen LogP contribution < -0.4 is 5.32 Å². The first-order valence-corrected chi connectivity index (χ1v) is 9.39. The lowest BCUT2D eigenvalue weighted by molar-refractivity contribution is -0.121. The van der Waals surface area contributed by atoms with Gasteiger partial charge < -0.3 is 9.84 Å². The molecule has 3 aromatic rings. The standard InChI is InChI=1S/C19H16BrClFN3O2/c1-11-8-12(3-5-16(11)22)19-24-18(27-25-19)7-6-17(26)23-10-13-2-4-14(20)9-15(13)21/h2-5,8-9H,6-7,10H2,1H3,(H,23,26). The van der Waals surface area contributed by atoms with E-state index in [0.29, 0.717) is 40.8 Å². The van der Waals surface area contributed by atoms with E-state index in [1.807, 2.05) is 12.1 Å². The highest BCUT2D eigenvalue weighted by atomic mass is 79.9. The average molecular weight is 453 g/mol. The summed E-state index contributed by atoms with van der Waals surface area (Å²) >= 11 is 9.47. The summed E-state index contributed by atoms with van der Waals surface area (Å²) in [6.07, 6.45) is 0.519. The van der Waals surface area contributed by atoms with Gasteiger partial charge in [-0.25, -0.2) is 4.39 Å². The summed E-state index contributed by atoms with van der Waals surface area (Å²) in [5.74, 6) is 0.287. The number of carbonyl (C=O) groups is 1. The molecular formula is C19H16BrClFN3O2. The first-order chi connectivity index (χ1) is 12.9. The van der Waals surface area contributed by atoms with Crippen LogP contribution in [0.1, 0.15) is 23.4 Å². The number of hydrogen-bond donors (Lipinski definition) is 1. The van der Waals surface area contributed by atoms with Crippen LogP contribution in [-0.4, -0.2) is 16.0 Å². The molecule has 0 aliphatic heterocycles. The van der Waals surface area contributed by atoms with E-state index >= 15 is 0 Å². The van der Waals surface area contributed by atoms with E-state index in [-0.39, 0.29) is 18.1 Å². The van der Waals surface area contributed by atoms with Crippen LogP contribution in [0, 0.1) is 12.7 Å². The molecular weight excluding hydrogens is 437 g/mol. The Morgan fingerprint density at radius 3 is 2.85 bits per heavy atom. The van der Waals surface area contributed by atoms with Crippen molar-refractivity contribution in [1.29, 1.82) is 0 Å². The normalized spacial score (nSPS) is 10.8. The molecule has 0 atom stereocenters. The Hall–Kier alpha value is -2.25. The number of halogens is 3. The molecule has 8 heteroatoms. The zero-order chi connectivity index (χ0) is 19.4. The minimum atomic E-state index is -0.287. The lowest BCUT2D eigenvalue weighted by atomic mass is 10.1. The minimum absolute atomic E-state index is 0.147. The van der Waals surface area contributed by atoms with E-state index in [2.05, 4.69) is 31.4 Å². The molecule has 5 nitrogen and oxygen atoms in total. The molecule has 0 fully saturated rings. The van der Waals surface area contributed by atoms with Crippen molar-refractivity contribution < 1.29 is 13.7 Å². The summed E-state index contributed by atoms with van der Waals surface area (Å²) in [5.41, 5.74) is 2.00. The van der Waals surface area contributed by atoms with E-state index in [1.165, 1.54) is 6.07 Å². The number of aryl methyl sites for hydroxylation is 2. The van der Waals surface area contributed by atoms with Crippen molar-refractivity contribution in [2.45, 2.75) is 26.3 Å². The van der Waals surface area contributed by atoms with Gasteiger partial charge in [0, 0.05) is 34.4 Å². The second kappa shape index (κ2) is 8.63. The molecule has 1 N–H and O–H groups in total. The molecule has 3 rings (SSSR count). The highest BCUT2D eigenvalue weighted by molar-refractivity contribution is 9.10. The fourth-order valence-electron chi connectivity index (χ4n) is 2.43. The van der Waals surface area contributed by atoms with Crippen molar-refractivity contribution in [1.82, 2.24) is 15.5 Å². The number of benzene rings is 2. The van der Waals surface area contributed by atoms with Crippen LogP contribution in [0.5, 0.6) is 0 Å². The number of rotatable bonds is 6. The van der Waals surface area contributed by atoms with Gasteiger partial charge in [-0.15, -0.1) is 0 Å². The summed E-state index contributed by atoms with van der Waals surface area (Å²) < 4.78 is 19.4. The molecule has 2 aromatic carbocycles. The first-order valence-electron chi connectivity index (χ1n) is 8.22. The molecule has 0 bridgehead atoms. The van der Waals surface area contributed by atoms with Crippen LogP contribution in [0.25, 0.3) is 11.4 Å². The predicted octanol–water partition coefficient (Wildman–Crippen LogP) is 4.85. The average Bonchev–Trinajstić information content (AvgIpc) is 3.10. The smallest absolute Gasteiger partial charge is 0.227 e. The third-order valence-corrected chi connectivity index (χ3v) is 4.79. The van der Waals surface area contributed by atoms with Crippen LogP contribution in [0.4, 0.5) is 4.39 Å². The van der Waals surface area contributed by atoms with Gasteiger partial charge in [-0.1, -0.05) is 38.8 Å². The maximum Gasteiger partial charge on any atom is 0.227 e. The van der Waals surface area contributed by atoms with E-state index in [9.17, 15) is 9.18 Å². The molecule has 0 aliphatic rings. The van der Waals surface area contributed by atoms with Gasteiger partial charge >= 0.3 is 0 Å². The van der Waals surface area contributed by atoms with E-state index in [1.54, 1.807) is 25.1 Å². The van der Waals surface area contributed by atoms with Gasteiger partial charge in [0.05, 0.1) is 0 Å². The Labute approximate surface area is 169 Å². The molecule has 1 amide bonds. The Morgan fingerprint density at radius 2 is 2.11 bits per heavy atom. The minimum Gasteiger partial charge on any atom is -0.352 e.